The molecule has 6 heteroatoms. The molecule has 0 saturated heterocycles. The number of nitrogens with two attached hydrogens (primary N) is 2. The molecule has 0 saturated carbocycles. The Balaban J connectivity index is 2.88. The zero-order chi connectivity index (χ0) is 10.3. The topological polar surface area (TPSA) is 118 Å². The fourth-order valence-corrected chi connectivity index (χ4v) is 1.33. The lowest BCUT2D eigenvalue weighted by molar-refractivity contribution is 0.0700. The number of carboxylic acids is 1. The molecule has 1 heterocycles. The van der Waals surface area contributed by atoms with Gasteiger partial charge in [-0.1, -0.05) is 0 Å². The average Bonchev–Trinajstić information content (AvgIpc) is 2.43. The third kappa shape index (κ3) is 1.05. The number of fused-ring (bicyclic) bond motifs is 1. The average molecular weight is 192 g/mol. The Bertz CT molecular complexity index is 517. The summed E-state index contributed by atoms with van der Waals surface area (Å²) in [5.74, 6) is -0.937. The van der Waals surface area contributed by atoms with E-state index >= 15 is 0 Å². The highest BCUT2D eigenvalue weighted by Crippen LogP contribution is 2.22. The van der Waals surface area contributed by atoms with Crippen molar-refractivity contribution in [2.24, 2.45) is 0 Å². The first-order chi connectivity index (χ1) is 6.59. The maximum absolute atomic E-state index is 10.9. The summed E-state index contributed by atoms with van der Waals surface area (Å²) >= 11 is 0. The van der Waals surface area contributed by atoms with E-state index in [1.54, 1.807) is 6.07 Å². The van der Waals surface area contributed by atoms with Gasteiger partial charge in [0.2, 0.25) is 0 Å². The Hall–Kier alpha value is -2.24. The molecule has 0 aliphatic heterocycles. The molecule has 0 atom stereocenters. The van der Waals surface area contributed by atoms with Crippen molar-refractivity contribution in [3.05, 3.63) is 17.7 Å². The molecule has 0 spiro atoms. The summed E-state index contributed by atoms with van der Waals surface area (Å²) in [6.45, 7) is 0. The molecule has 6 nitrogen and oxygen atoms in total. The number of aromatic carboxylic acids is 1. The fourth-order valence-electron chi connectivity index (χ4n) is 1.33. The number of benzene rings is 1. The highest BCUT2D eigenvalue weighted by molar-refractivity contribution is 6.06. The Kier molecular flexibility index (Phi) is 1.57. The number of rotatable bonds is 1. The van der Waals surface area contributed by atoms with Crippen LogP contribution in [-0.4, -0.2) is 21.0 Å². The number of aromatic nitrogens is 2. The van der Waals surface area contributed by atoms with Crippen molar-refractivity contribution in [2.45, 2.75) is 0 Å². The highest BCUT2D eigenvalue weighted by Gasteiger charge is 2.15. The van der Waals surface area contributed by atoms with Crippen molar-refractivity contribution in [1.29, 1.82) is 0 Å². The lowest BCUT2D eigenvalue weighted by Crippen LogP contribution is -2.03. The minimum absolute atomic E-state index is 0.0181. The van der Waals surface area contributed by atoms with Crippen molar-refractivity contribution in [3.8, 4) is 0 Å². The Morgan fingerprint density at radius 2 is 2.14 bits per heavy atom. The van der Waals surface area contributed by atoms with Crippen molar-refractivity contribution >= 4 is 28.6 Å². The molecule has 1 aromatic heterocycles. The van der Waals surface area contributed by atoms with Crippen LogP contribution in [-0.2, 0) is 0 Å². The number of nitrogens with one attached hydrogen (secondary N) is 1. The van der Waals surface area contributed by atoms with Gasteiger partial charge in [-0.2, -0.15) is 0 Å². The molecule has 0 radical (unpaired) electrons. The molecular formula is C8H8N4O2. The van der Waals surface area contributed by atoms with Crippen molar-refractivity contribution in [1.82, 2.24) is 9.97 Å². The number of hydrogen-bond donors (Lipinski definition) is 4. The molecule has 72 valence electrons. The van der Waals surface area contributed by atoms with Crippen LogP contribution in [0.1, 0.15) is 10.4 Å². The predicted octanol–water partition coefficient (Wildman–Crippen LogP) is 0.425. The smallest absolute Gasteiger partial charge is 0.340 e. The number of anilines is 2. The molecule has 2 aromatic rings. The van der Waals surface area contributed by atoms with Gasteiger partial charge in [0.05, 0.1) is 5.52 Å². The molecule has 0 aliphatic carbocycles. The van der Waals surface area contributed by atoms with Gasteiger partial charge in [0.25, 0.3) is 0 Å². The van der Waals surface area contributed by atoms with Gasteiger partial charge >= 0.3 is 5.97 Å². The minimum Gasteiger partial charge on any atom is -0.478 e. The Morgan fingerprint density at radius 1 is 1.43 bits per heavy atom. The number of hydrogen-bond acceptors (Lipinski definition) is 4. The molecule has 14 heavy (non-hydrogen) atoms. The number of H-pyrrole nitrogens is 1. The van der Waals surface area contributed by atoms with E-state index in [9.17, 15) is 4.79 Å². The molecule has 1 aromatic carbocycles. The monoisotopic (exact) mass is 192 g/mol. The number of carbonyl (C=O) groups is 1. The first-order valence-electron chi connectivity index (χ1n) is 3.86. The van der Waals surface area contributed by atoms with Crippen molar-refractivity contribution in [3.63, 3.8) is 0 Å². The minimum atomic E-state index is -1.11. The molecule has 0 aliphatic rings. The SMILES string of the molecule is Nc1nc2c(C(=O)O)c(N)ccc2[nH]1. The normalized spacial score (nSPS) is 10.6. The summed E-state index contributed by atoms with van der Waals surface area (Å²) in [5, 5.41) is 8.90. The summed E-state index contributed by atoms with van der Waals surface area (Å²) < 4.78 is 0. The molecular weight excluding hydrogens is 184 g/mol. The number of nitrogens with zero attached hydrogens (tertiary/aromatic N) is 1. The van der Waals surface area contributed by atoms with Gasteiger partial charge in [0.1, 0.15) is 11.1 Å². The lowest BCUT2D eigenvalue weighted by Gasteiger charge is -1.99. The van der Waals surface area contributed by atoms with E-state index in [1.165, 1.54) is 6.07 Å². The standard InChI is InChI=1S/C8H8N4O2/c9-3-1-2-4-6(5(3)7(13)14)12-8(10)11-4/h1-2H,9H2,(H,13,14)(H3,10,11,12). The van der Waals surface area contributed by atoms with E-state index in [4.69, 9.17) is 16.6 Å². The van der Waals surface area contributed by atoms with Gasteiger partial charge < -0.3 is 21.6 Å². The second kappa shape index (κ2) is 2.63. The van der Waals surface area contributed by atoms with Gasteiger partial charge in [-0.15, -0.1) is 0 Å². The van der Waals surface area contributed by atoms with Crippen LogP contribution in [0.3, 0.4) is 0 Å². The Labute approximate surface area is 78.5 Å². The van der Waals surface area contributed by atoms with Crippen LogP contribution >= 0.6 is 0 Å². The summed E-state index contributed by atoms with van der Waals surface area (Å²) in [6, 6.07) is 3.14. The van der Waals surface area contributed by atoms with Gasteiger partial charge in [-0.25, -0.2) is 9.78 Å². The first-order valence-corrected chi connectivity index (χ1v) is 3.86. The van der Waals surface area contributed by atoms with Crippen LogP contribution in [0.25, 0.3) is 11.0 Å². The van der Waals surface area contributed by atoms with E-state index < -0.39 is 5.97 Å². The quantitative estimate of drug-likeness (QED) is 0.488. The largest absolute Gasteiger partial charge is 0.478 e. The summed E-state index contributed by atoms with van der Waals surface area (Å²) in [5.41, 5.74) is 11.9. The van der Waals surface area contributed by atoms with Crippen LogP contribution < -0.4 is 11.5 Å². The maximum Gasteiger partial charge on any atom is 0.340 e. The van der Waals surface area contributed by atoms with Gasteiger partial charge in [-0.05, 0) is 12.1 Å². The third-order valence-electron chi connectivity index (χ3n) is 1.92. The van der Waals surface area contributed by atoms with E-state index in [2.05, 4.69) is 9.97 Å². The molecule has 0 fully saturated rings. The van der Waals surface area contributed by atoms with Crippen LogP contribution in [0, 0.1) is 0 Å². The van der Waals surface area contributed by atoms with Gasteiger partial charge in [-0.3, -0.25) is 0 Å². The van der Waals surface area contributed by atoms with Gasteiger partial charge in [0.15, 0.2) is 5.95 Å². The van der Waals surface area contributed by atoms with Crippen LogP contribution in [0.5, 0.6) is 0 Å². The molecule has 2 rings (SSSR count). The first kappa shape index (κ1) is 8.36. The van der Waals surface area contributed by atoms with Crippen molar-refractivity contribution < 1.29 is 9.90 Å². The van der Waals surface area contributed by atoms with Crippen LogP contribution in [0.15, 0.2) is 12.1 Å². The number of aromatic amines is 1. The van der Waals surface area contributed by atoms with E-state index in [0.29, 0.717) is 5.52 Å². The van der Waals surface area contributed by atoms with Crippen LogP contribution in [0.4, 0.5) is 11.6 Å². The summed E-state index contributed by atoms with van der Waals surface area (Å²) in [7, 11) is 0. The second-order valence-corrected chi connectivity index (χ2v) is 2.85. The second-order valence-electron chi connectivity index (χ2n) is 2.85. The number of imidazole rings is 1. The maximum atomic E-state index is 10.9. The Morgan fingerprint density at radius 3 is 2.79 bits per heavy atom. The zero-order valence-electron chi connectivity index (χ0n) is 7.11. The van der Waals surface area contributed by atoms with E-state index in [1.807, 2.05) is 0 Å². The molecule has 0 bridgehead atoms. The molecule has 6 N–H and O–H groups in total. The fraction of sp³-hybridized carbons (Fsp3) is 0. The molecule has 0 unspecified atom stereocenters. The van der Waals surface area contributed by atoms with E-state index in [-0.39, 0.29) is 22.7 Å². The summed E-state index contributed by atoms with van der Waals surface area (Å²) in [4.78, 5) is 17.5. The predicted molar refractivity (Wildman–Crippen MR) is 51.9 cm³/mol. The van der Waals surface area contributed by atoms with Crippen LogP contribution in [0.2, 0.25) is 0 Å². The number of carboxylic acid groups (broad SMARTS) is 1. The number of nitrogen functional groups attached to an aromatic ring is 2. The zero-order valence-corrected chi connectivity index (χ0v) is 7.11. The lowest BCUT2D eigenvalue weighted by atomic mass is 10.1. The summed E-state index contributed by atoms with van der Waals surface area (Å²) in [6.07, 6.45) is 0. The third-order valence-corrected chi connectivity index (χ3v) is 1.92. The highest BCUT2D eigenvalue weighted by atomic mass is 16.4. The molecule has 0 amide bonds. The van der Waals surface area contributed by atoms with Crippen molar-refractivity contribution in [2.75, 3.05) is 11.5 Å². The van der Waals surface area contributed by atoms with Gasteiger partial charge in [0, 0.05) is 5.69 Å². The van der Waals surface area contributed by atoms with E-state index in [0.717, 1.165) is 0 Å².